The second-order valence-electron chi connectivity index (χ2n) is 5.86. The minimum Gasteiger partial charge on any atom is -0.333 e. The van der Waals surface area contributed by atoms with E-state index in [1.807, 2.05) is 24.3 Å². The lowest BCUT2D eigenvalue weighted by Crippen LogP contribution is -2.40. The van der Waals surface area contributed by atoms with Gasteiger partial charge in [-0.15, -0.1) is 0 Å². The topological polar surface area (TPSA) is 32.3 Å². The quantitative estimate of drug-likeness (QED) is 0.925. The maximum absolute atomic E-state index is 12.8. The molecule has 108 valence electrons. The molecule has 1 saturated heterocycles. The summed E-state index contributed by atoms with van der Waals surface area (Å²) in [6.45, 7) is 3.87. The molecule has 1 N–H and O–H groups in total. The molecule has 1 aromatic rings. The molecule has 1 amide bonds. The Labute approximate surface area is 125 Å². The predicted octanol–water partition coefficient (Wildman–Crippen LogP) is 3.00. The van der Waals surface area contributed by atoms with Gasteiger partial charge in [0.2, 0.25) is 5.91 Å². The maximum Gasteiger partial charge on any atom is 0.227 e. The number of benzene rings is 1. The van der Waals surface area contributed by atoms with E-state index >= 15 is 0 Å². The minimum absolute atomic E-state index is 0.0595. The Morgan fingerprint density at radius 2 is 2.10 bits per heavy atom. The Kier molecular flexibility index (Phi) is 3.99. The first-order valence-corrected chi connectivity index (χ1v) is 7.83. The van der Waals surface area contributed by atoms with E-state index < -0.39 is 0 Å². The number of hydrogen-bond donors (Lipinski definition) is 1. The summed E-state index contributed by atoms with van der Waals surface area (Å²) >= 11 is 6.30. The summed E-state index contributed by atoms with van der Waals surface area (Å²) < 4.78 is 0. The number of nitrogens with one attached hydrogen (secondary N) is 1. The van der Waals surface area contributed by atoms with E-state index in [0.717, 1.165) is 42.9 Å². The van der Waals surface area contributed by atoms with Crippen LogP contribution in [0.1, 0.15) is 37.8 Å². The van der Waals surface area contributed by atoms with Crippen LogP contribution in [0.15, 0.2) is 24.3 Å². The van der Waals surface area contributed by atoms with E-state index in [1.54, 1.807) is 0 Å². The molecule has 4 heteroatoms. The number of amides is 1. The number of rotatable bonds is 4. The lowest BCUT2D eigenvalue weighted by atomic mass is 10.0. The van der Waals surface area contributed by atoms with Crippen molar-refractivity contribution in [3.8, 4) is 0 Å². The summed E-state index contributed by atoms with van der Waals surface area (Å²) in [5.74, 6) is 0.436. The summed E-state index contributed by atoms with van der Waals surface area (Å²) in [4.78, 5) is 14.9. The molecule has 20 heavy (non-hydrogen) atoms. The highest BCUT2D eigenvalue weighted by Gasteiger charge is 2.39. The molecule has 0 unspecified atom stereocenters. The standard InChI is InChI=1S/C16H21ClN2O/c1-11(14-4-2-3-5-15(14)17)19(13-6-7-13)16(20)12-8-9-18-10-12/h2-5,11-13,18H,6-10H2,1H3/t11-,12+/m1/s1. The molecule has 1 aromatic carbocycles. The molecule has 2 aliphatic rings. The minimum atomic E-state index is 0.0595. The molecule has 0 spiro atoms. The van der Waals surface area contributed by atoms with Crippen molar-refractivity contribution in [1.29, 1.82) is 0 Å². The molecule has 1 heterocycles. The van der Waals surface area contributed by atoms with E-state index in [9.17, 15) is 4.79 Å². The second-order valence-corrected chi connectivity index (χ2v) is 6.27. The number of carbonyl (C=O) groups excluding carboxylic acids is 1. The molecule has 0 aromatic heterocycles. The molecular formula is C16H21ClN2O. The second kappa shape index (κ2) is 5.74. The van der Waals surface area contributed by atoms with Crippen LogP contribution in [0, 0.1) is 5.92 Å². The van der Waals surface area contributed by atoms with Gasteiger partial charge in [0.15, 0.2) is 0 Å². The highest BCUT2D eigenvalue weighted by atomic mass is 35.5. The number of halogens is 1. The van der Waals surface area contributed by atoms with Gasteiger partial charge < -0.3 is 10.2 Å². The van der Waals surface area contributed by atoms with Crippen molar-refractivity contribution in [3.05, 3.63) is 34.9 Å². The van der Waals surface area contributed by atoms with Crippen molar-refractivity contribution in [2.45, 2.75) is 38.3 Å². The average molecular weight is 293 g/mol. The molecule has 3 nitrogen and oxygen atoms in total. The van der Waals surface area contributed by atoms with E-state index in [0.29, 0.717) is 11.9 Å². The predicted molar refractivity (Wildman–Crippen MR) is 80.7 cm³/mol. The Bertz CT molecular complexity index is 495. The molecule has 1 saturated carbocycles. The number of nitrogens with zero attached hydrogens (tertiary/aromatic N) is 1. The van der Waals surface area contributed by atoms with Gasteiger partial charge in [-0.3, -0.25) is 4.79 Å². The van der Waals surface area contributed by atoms with Gasteiger partial charge >= 0.3 is 0 Å². The monoisotopic (exact) mass is 292 g/mol. The lowest BCUT2D eigenvalue weighted by Gasteiger charge is -2.32. The van der Waals surface area contributed by atoms with Gasteiger partial charge in [-0.05, 0) is 44.4 Å². The van der Waals surface area contributed by atoms with Crippen molar-refractivity contribution in [2.75, 3.05) is 13.1 Å². The Morgan fingerprint density at radius 3 is 2.70 bits per heavy atom. The van der Waals surface area contributed by atoms with Crippen LogP contribution in [0.2, 0.25) is 5.02 Å². The van der Waals surface area contributed by atoms with E-state index in [2.05, 4.69) is 17.1 Å². The van der Waals surface area contributed by atoms with Gasteiger partial charge in [0, 0.05) is 17.6 Å². The van der Waals surface area contributed by atoms with Gasteiger partial charge in [-0.25, -0.2) is 0 Å². The third-order valence-corrected chi connectivity index (χ3v) is 4.72. The fourth-order valence-electron chi connectivity index (χ4n) is 3.08. The molecule has 3 rings (SSSR count). The van der Waals surface area contributed by atoms with Crippen LogP contribution in [-0.4, -0.2) is 29.9 Å². The van der Waals surface area contributed by atoms with Crippen molar-refractivity contribution < 1.29 is 4.79 Å². The van der Waals surface area contributed by atoms with Crippen molar-refractivity contribution >= 4 is 17.5 Å². The summed E-state index contributed by atoms with van der Waals surface area (Å²) in [7, 11) is 0. The van der Waals surface area contributed by atoms with Gasteiger partial charge in [0.05, 0.1) is 12.0 Å². The van der Waals surface area contributed by atoms with Gasteiger partial charge in [0.1, 0.15) is 0 Å². The molecule has 0 radical (unpaired) electrons. The Morgan fingerprint density at radius 1 is 1.35 bits per heavy atom. The first-order chi connectivity index (χ1) is 9.68. The van der Waals surface area contributed by atoms with Crippen LogP contribution in [0.5, 0.6) is 0 Å². The zero-order valence-corrected chi connectivity index (χ0v) is 12.6. The van der Waals surface area contributed by atoms with Crippen LogP contribution < -0.4 is 5.32 Å². The highest BCUT2D eigenvalue weighted by Crippen LogP contribution is 2.38. The van der Waals surface area contributed by atoms with Crippen LogP contribution in [0.3, 0.4) is 0 Å². The van der Waals surface area contributed by atoms with E-state index in [4.69, 9.17) is 11.6 Å². The normalized spacial score (nSPS) is 23.6. The molecule has 1 aliphatic heterocycles. The molecule has 1 aliphatic carbocycles. The van der Waals surface area contributed by atoms with Crippen molar-refractivity contribution in [2.24, 2.45) is 5.92 Å². The van der Waals surface area contributed by atoms with Crippen LogP contribution in [0.25, 0.3) is 0 Å². The van der Waals surface area contributed by atoms with Crippen LogP contribution >= 0.6 is 11.6 Å². The van der Waals surface area contributed by atoms with Gasteiger partial charge in [-0.2, -0.15) is 0 Å². The summed E-state index contributed by atoms with van der Waals surface area (Å²) in [6.07, 6.45) is 3.21. The molecule has 2 fully saturated rings. The zero-order chi connectivity index (χ0) is 14.1. The summed E-state index contributed by atoms with van der Waals surface area (Å²) in [5, 5.41) is 4.04. The van der Waals surface area contributed by atoms with E-state index in [-0.39, 0.29) is 12.0 Å². The first-order valence-electron chi connectivity index (χ1n) is 7.46. The number of carbonyl (C=O) groups is 1. The third kappa shape index (κ3) is 2.70. The van der Waals surface area contributed by atoms with E-state index in [1.165, 1.54) is 0 Å². The maximum atomic E-state index is 12.8. The van der Waals surface area contributed by atoms with Crippen molar-refractivity contribution in [1.82, 2.24) is 10.2 Å². The molecular weight excluding hydrogens is 272 g/mol. The average Bonchev–Trinajstić information content (AvgIpc) is 3.12. The first kappa shape index (κ1) is 13.9. The van der Waals surface area contributed by atoms with Crippen molar-refractivity contribution in [3.63, 3.8) is 0 Å². The smallest absolute Gasteiger partial charge is 0.227 e. The van der Waals surface area contributed by atoms with Crippen LogP contribution in [0.4, 0.5) is 0 Å². The zero-order valence-electron chi connectivity index (χ0n) is 11.8. The number of hydrogen-bond acceptors (Lipinski definition) is 2. The fourth-order valence-corrected chi connectivity index (χ4v) is 3.37. The van der Waals surface area contributed by atoms with Gasteiger partial charge in [0.25, 0.3) is 0 Å². The van der Waals surface area contributed by atoms with Crippen LogP contribution in [-0.2, 0) is 4.79 Å². The SMILES string of the molecule is C[C@H](c1ccccc1Cl)N(C(=O)[C@H]1CCNC1)C1CC1. The molecule has 2 atom stereocenters. The Hall–Kier alpha value is -1.06. The molecule has 0 bridgehead atoms. The summed E-state index contributed by atoms with van der Waals surface area (Å²) in [5.41, 5.74) is 1.06. The Balaban J connectivity index is 1.83. The third-order valence-electron chi connectivity index (χ3n) is 4.38. The van der Waals surface area contributed by atoms with Gasteiger partial charge in [-0.1, -0.05) is 29.8 Å². The highest BCUT2D eigenvalue weighted by molar-refractivity contribution is 6.31. The summed E-state index contributed by atoms with van der Waals surface area (Å²) in [6, 6.07) is 8.33. The lowest BCUT2D eigenvalue weighted by molar-refractivity contribution is -0.137. The largest absolute Gasteiger partial charge is 0.333 e. The fraction of sp³-hybridized carbons (Fsp3) is 0.562.